The summed E-state index contributed by atoms with van der Waals surface area (Å²) in [5.74, 6) is -0.879. The van der Waals surface area contributed by atoms with Crippen LogP contribution in [0, 0.1) is 0 Å². The third-order valence-electron chi connectivity index (χ3n) is 4.91. The van der Waals surface area contributed by atoms with Gasteiger partial charge in [-0.15, -0.1) is 6.58 Å². The quantitative estimate of drug-likeness (QED) is 0.423. The molecule has 3 aromatic rings. The SMILES string of the molecule is C=CCC(Cc1cnc2nc(N)nc(N)c2n1)(C(=O)OC)c1ccc(C(=O)OC)cc1. The number of hydrogen-bond donors (Lipinski definition) is 2. The first-order valence-electron chi connectivity index (χ1n) is 9.27. The van der Waals surface area contributed by atoms with Crippen LogP contribution in [0.15, 0.2) is 43.1 Å². The lowest BCUT2D eigenvalue weighted by Crippen LogP contribution is -2.39. The minimum atomic E-state index is -1.16. The van der Waals surface area contributed by atoms with Crippen LogP contribution in [0.4, 0.5) is 11.8 Å². The van der Waals surface area contributed by atoms with E-state index in [0.717, 1.165) is 0 Å². The van der Waals surface area contributed by atoms with E-state index in [1.54, 1.807) is 30.3 Å². The number of hydrogen-bond acceptors (Lipinski definition) is 10. The standard InChI is InChI=1S/C21H22N6O4/c1-4-9-21(19(29)31-3,13-7-5-12(6-8-13)18(28)30-2)10-14-11-24-17-15(25-14)16(22)26-20(23)27-17/h4-8,11H,1,9-10H2,2-3H3,(H4,22,23,24,26,27). The lowest BCUT2D eigenvalue weighted by Gasteiger charge is -2.30. The van der Waals surface area contributed by atoms with Crippen molar-refractivity contribution in [2.24, 2.45) is 0 Å². The number of benzene rings is 1. The van der Waals surface area contributed by atoms with E-state index in [-0.39, 0.29) is 35.8 Å². The Balaban J connectivity index is 2.11. The van der Waals surface area contributed by atoms with Gasteiger partial charge in [-0.2, -0.15) is 9.97 Å². The molecule has 0 aliphatic rings. The second-order valence-electron chi connectivity index (χ2n) is 6.81. The first kappa shape index (κ1) is 21.6. The smallest absolute Gasteiger partial charge is 0.337 e. The normalized spacial score (nSPS) is 12.7. The van der Waals surface area contributed by atoms with E-state index >= 15 is 0 Å². The van der Waals surface area contributed by atoms with Crippen LogP contribution in [-0.2, 0) is 26.1 Å². The van der Waals surface area contributed by atoms with Gasteiger partial charge in [-0.1, -0.05) is 18.2 Å². The minimum Gasteiger partial charge on any atom is -0.468 e. The van der Waals surface area contributed by atoms with E-state index in [9.17, 15) is 9.59 Å². The number of carbonyl (C=O) groups is 2. The number of nitrogen functional groups attached to an aromatic ring is 2. The summed E-state index contributed by atoms with van der Waals surface area (Å²) in [4.78, 5) is 41.5. The molecule has 0 aliphatic heterocycles. The maximum Gasteiger partial charge on any atom is 0.337 e. The fourth-order valence-electron chi connectivity index (χ4n) is 3.43. The summed E-state index contributed by atoms with van der Waals surface area (Å²) in [5, 5.41) is 0. The molecule has 0 radical (unpaired) electrons. The molecular weight excluding hydrogens is 400 g/mol. The first-order chi connectivity index (χ1) is 14.8. The number of carbonyl (C=O) groups excluding carboxylic acids is 2. The summed E-state index contributed by atoms with van der Waals surface area (Å²) in [6, 6.07) is 6.53. The molecule has 2 aromatic heterocycles. The lowest BCUT2D eigenvalue weighted by atomic mass is 9.73. The number of aromatic nitrogens is 4. The van der Waals surface area contributed by atoms with Gasteiger partial charge >= 0.3 is 11.9 Å². The van der Waals surface area contributed by atoms with Gasteiger partial charge in [0, 0.05) is 6.42 Å². The van der Waals surface area contributed by atoms with Crippen LogP contribution in [0.25, 0.3) is 11.2 Å². The van der Waals surface area contributed by atoms with E-state index in [0.29, 0.717) is 16.8 Å². The molecular formula is C21H22N6O4. The Morgan fingerprint density at radius 1 is 1.10 bits per heavy atom. The molecule has 4 N–H and O–H groups in total. The number of nitrogens with zero attached hydrogens (tertiary/aromatic N) is 4. The Kier molecular flexibility index (Phi) is 6.10. The predicted octanol–water partition coefficient (Wildman–Crippen LogP) is 1.60. The van der Waals surface area contributed by atoms with Crippen molar-refractivity contribution in [3.63, 3.8) is 0 Å². The van der Waals surface area contributed by atoms with E-state index < -0.39 is 17.4 Å². The molecule has 2 heterocycles. The summed E-state index contributed by atoms with van der Waals surface area (Å²) >= 11 is 0. The van der Waals surface area contributed by atoms with Crippen molar-refractivity contribution in [2.75, 3.05) is 25.7 Å². The second kappa shape index (κ2) is 8.74. The molecule has 10 nitrogen and oxygen atoms in total. The monoisotopic (exact) mass is 422 g/mol. The highest BCUT2D eigenvalue weighted by molar-refractivity contribution is 5.90. The van der Waals surface area contributed by atoms with Crippen LogP contribution in [0.1, 0.15) is 28.0 Å². The summed E-state index contributed by atoms with van der Waals surface area (Å²) in [5.41, 5.74) is 12.4. The van der Waals surface area contributed by atoms with Crippen LogP contribution < -0.4 is 11.5 Å². The number of fused-ring (bicyclic) bond motifs is 1. The fraction of sp³-hybridized carbons (Fsp3) is 0.238. The summed E-state index contributed by atoms with van der Waals surface area (Å²) < 4.78 is 9.86. The zero-order valence-electron chi connectivity index (χ0n) is 17.2. The Labute approximate surface area is 178 Å². The minimum absolute atomic E-state index is 0.00619. The molecule has 0 saturated carbocycles. The van der Waals surface area contributed by atoms with Crippen molar-refractivity contribution >= 4 is 34.9 Å². The number of anilines is 2. The Morgan fingerprint density at radius 2 is 1.81 bits per heavy atom. The van der Waals surface area contributed by atoms with Crippen LogP contribution in [0.5, 0.6) is 0 Å². The molecule has 31 heavy (non-hydrogen) atoms. The van der Waals surface area contributed by atoms with Crippen LogP contribution in [-0.4, -0.2) is 46.1 Å². The Bertz CT molecular complexity index is 1150. The lowest BCUT2D eigenvalue weighted by molar-refractivity contribution is -0.147. The molecule has 10 heteroatoms. The first-order valence-corrected chi connectivity index (χ1v) is 9.27. The van der Waals surface area contributed by atoms with Gasteiger partial charge in [0.2, 0.25) is 5.95 Å². The topological polar surface area (TPSA) is 156 Å². The average molecular weight is 422 g/mol. The third-order valence-corrected chi connectivity index (χ3v) is 4.91. The zero-order chi connectivity index (χ0) is 22.6. The molecule has 0 spiro atoms. The molecule has 1 atom stereocenters. The molecule has 1 aromatic carbocycles. The molecule has 0 bridgehead atoms. The number of methoxy groups -OCH3 is 2. The van der Waals surface area contributed by atoms with Crippen molar-refractivity contribution in [2.45, 2.75) is 18.3 Å². The highest BCUT2D eigenvalue weighted by Gasteiger charge is 2.41. The van der Waals surface area contributed by atoms with Gasteiger partial charge in [0.05, 0.1) is 31.7 Å². The van der Waals surface area contributed by atoms with Gasteiger partial charge in [-0.25, -0.2) is 14.8 Å². The molecule has 0 saturated heterocycles. The van der Waals surface area contributed by atoms with Gasteiger partial charge in [0.1, 0.15) is 5.41 Å². The van der Waals surface area contributed by atoms with Gasteiger partial charge in [-0.05, 0) is 24.1 Å². The molecule has 0 aliphatic carbocycles. The van der Waals surface area contributed by atoms with E-state index in [2.05, 4.69) is 26.5 Å². The molecule has 160 valence electrons. The van der Waals surface area contributed by atoms with Crippen LogP contribution >= 0.6 is 0 Å². The average Bonchev–Trinajstić information content (AvgIpc) is 2.78. The summed E-state index contributed by atoms with van der Waals surface area (Å²) in [6.07, 6.45) is 3.51. The van der Waals surface area contributed by atoms with Crippen molar-refractivity contribution in [3.8, 4) is 0 Å². The molecule has 0 amide bonds. The molecule has 0 fully saturated rings. The van der Waals surface area contributed by atoms with E-state index in [4.69, 9.17) is 20.9 Å². The zero-order valence-corrected chi connectivity index (χ0v) is 17.2. The molecule has 3 rings (SSSR count). The van der Waals surface area contributed by atoms with Crippen molar-refractivity contribution < 1.29 is 19.1 Å². The van der Waals surface area contributed by atoms with Crippen molar-refractivity contribution in [3.05, 3.63) is 59.9 Å². The Morgan fingerprint density at radius 3 is 2.42 bits per heavy atom. The predicted molar refractivity (Wildman–Crippen MR) is 114 cm³/mol. The number of rotatable bonds is 7. The summed E-state index contributed by atoms with van der Waals surface area (Å²) in [7, 11) is 2.61. The molecule has 1 unspecified atom stereocenters. The number of nitrogens with two attached hydrogens (primary N) is 2. The largest absolute Gasteiger partial charge is 0.468 e. The van der Waals surface area contributed by atoms with Gasteiger partial charge in [0.15, 0.2) is 17.0 Å². The number of esters is 2. The number of allylic oxidation sites excluding steroid dienone is 1. The van der Waals surface area contributed by atoms with Gasteiger partial charge < -0.3 is 20.9 Å². The van der Waals surface area contributed by atoms with Crippen LogP contribution in [0.3, 0.4) is 0 Å². The maximum atomic E-state index is 13.0. The van der Waals surface area contributed by atoms with E-state index in [1.807, 2.05) is 0 Å². The van der Waals surface area contributed by atoms with E-state index in [1.165, 1.54) is 20.4 Å². The third kappa shape index (κ3) is 4.13. The second-order valence-corrected chi connectivity index (χ2v) is 6.81. The maximum absolute atomic E-state index is 13.0. The van der Waals surface area contributed by atoms with Crippen molar-refractivity contribution in [1.29, 1.82) is 0 Å². The van der Waals surface area contributed by atoms with Crippen molar-refractivity contribution in [1.82, 2.24) is 19.9 Å². The van der Waals surface area contributed by atoms with Gasteiger partial charge in [-0.3, -0.25) is 4.79 Å². The van der Waals surface area contributed by atoms with Gasteiger partial charge in [0.25, 0.3) is 0 Å². The number of ether oxygens (including phenoxy) is 2. The Hall–Kier alpha value is -4.08. The fourth-order valence-corrected chi connectivity index (χ4v) is 3.43. The highest BCUT2D eigenvalue weighted by atomic mass is 16.5. The van der Waals surface area contributed by atoms with Crippen LogP contribution in [0.2, 0.25) is 0 Å². The summed E-state index contributed by atoms with van der Waals surface area (Å²) in [6.45, 7) is 3.79. The highest BCUT2D eigenvalue weighted by Crippen LogP contribution is 2.34.